The van der Waals surface area contributed by atoms with Gasteiger partial charge in [-0.3, -0.25) is 4.79 Å². The number of nitrogens with zero attached hydrogens (tertiary/aromatic N) is 2. The Morgan fingerprint density at radius 2 is 1.67 bits per heavy atom. The average Bonchev–Trinajstić information content (AvgIpc) is 3.20. The molecule has 1 heterocycles. The minimum Gasteiger partial charge on any atom is -0.484 e. The van der Waals surface area contributed by atoms with E-state index in [9.17, 15) is 31.1 Å². The van der Waals surface area contributed by atoms with E-state index in [0.29, 0.717) is 23.5 Å². The molecule has 1 aromatic heterocycles. The Morgan fingerprint density at radius 3 is 2.23 bits per heavy atom. The molecule has 5 nitrogen and oxygen atoms in total. The lowest BCUT2D eigenvalue weighted by atomic mass is 10.1. The van der Waals surface area contributed by atoms with E-state index in [1.54, 1.807) is 41.2 Å². The maximum atomic E-state index is 12.9. The number of amides is 1. The predicted octanol–water partition coefficient (Wildman–Crippen LogP) is 4.93. The number of carbonyl (C=O) groups excluding carboxylic acids is 1. The van der Waals surface area contributed by atoms with Gasteiger partial charge in [-0.05, 0) is 36.4 Å². The summed E-state index contributed by atoms with van der Waals surface area (Å²) < 4.78 is 83.8. The number of halogens is 6. The number of carbonyl (C=O) groups is 1. The maximum absolute atomic E-state index is 12.9. The van der Waals surface area contributed by atoms with Crippen LogP contribution in [0.15, 0.2) is 61.2 Å². The fourth-order valence-corrected chi connectivity index (χ4v) is 2.51. The molecular weight excluding hydrogens is 416 g/mol. The van der Waals surface area contributed by atoms with Crippen LogP contribution in [-0.4, -0.2) is 22.1 Å². The first kappa shape index (κ1) is 21.2. The molecule has 0 atom stereocenters. The highest BCUT2D eigenvalue weighted by Gasteiger charge is 2.37. The summed E-state index contributed by atoms with van der Waals surface area (Å²) in [6.45, 7) is -0.784. The largest absolute Gasteiger partial charge is 0.484 e. The first-order chi connectivity index (χ1) is 14.0. The second-order valence-corrected chi connectivity index (χ2v) is 6.10. The third kappa shape index (κ3) is 5.31. The van der Waals surface area contributed by atoms with Gasteiger partial charge in [0.2, 0.25) is 0 Å². The quantitative estimate of drug-likeness (QED) is 0.586. The van der Waals surface area contributed by atoms with Gasteiger partial charge in [0, 0.05) is 23.8 Å². The maximum Gasteiger partial charge on any atom is 0.416 e. The molecule has 0 aliphatic carbocycles. The van der Waals surface area contributed by atoms with Gasteiger partial charge in [0.25, 0.3) is 5.91 Å². The van der Waals surface area contributed by atoms with E-state index >= 15 is 0 Å². The summed E-state index contributed by atoms with van der Waals surface area (Å²) in [7, 11) is 0. The lowest BCUT2D eigenvalue weighted by Crippen LogP contribution is -2.20. The molecule has 0 bridgehead atoms. The second-order valence-electron chi connectivity index (χ2n) is 6.10. The molecule has 1 amide bonds. The number of nitrogens with one attached hydrogen (secondary N) is 1. The lowest BCUT2D eigenvalue weighted by Gasteiger charge is -2.15. The minimum absolute atomic E-state index is 0.0193. The van der Waals surface area contributed by atoms with E-state index in [0.717, 1.165) is 0 Å². The van der Waals surface area contributed by atoms with E-state index in [4.69, 9.17) is 4.74 Å². The molecule has 0 unspecified atom stereocenters. The van der Waals surface area contributed by atoms with E-state index in [-0.39, 0.29) is 6.07 Å². The smallest absolute Gasteiger partial charge is 0.416 e. The standard InChI is InChI=1S/C19H13F6N3O2/c20-18(21,22)12-6-13(19(23,24)25)8-16(7-12)30-10-17(29)27-14-2-1-3-15(9-14)28-5-4-26-11-28/h1-9,11H,10H2,(H,27,29). The Kier molecular flexibility index (Phi) is 5.72. The number of rotatable bonds is 5. The minimum atomic E-state index is -5.00. The molecule has 158 valence electrons. The number of aromatic nitrogens is 2. The van der Waals surface area contributed by atoms with Gasteiger partial charge in [-0.2, -0.15) is 26.3 Å². The van der Waals surface area contributed by atoms with Gasteiger partial charge in [-0.25, -0.2) is 4.98 Å². The molecule has 0 aliphatic rings. The first-order valence-corrected chi connectivity index (χ1v) is 8.33. The van der Waals surface area contributed by atoms with Crippen LogP contribution in [0.2, 0.25) is 0 Å². The third-order valence-corrected chi connectivity index (χ3v) is 3.86. The predicted molar refractivity (Wildman–Crippen MR) is 94.1 cm³/mol. The van der Waals surface area contributed by atoms with Gasteiger partial charge in [-0.1, -0.05) is 6.07 Å². The summed E-state index contributed by atoms with van der Waals surface area (Å²) in [5.74, 6) is -1.48. The van der Waals surface area contributed by atoms with E-state index in [2.05, 4.69) is 10.3 Å². The van der Waals surface area contributed by atoms with Gasteiger partial charge >= 0.3 is 12.4 Å². The van der Waals surface area contributed by atoms with Crippen molar-refractivity contribution in [1.29, 1.82) is 0 Å². The van der Waals surface area contributed by atoms with Crippen LogP contribution < -0.4 is 10.1 Å². The van der Waals surface area contributed by atoms with Crippen LogP contribution in [0.25, 0.3) is 5.69 Å². The van der Waals surface area contributed by atoms with Crippen LogP contribution in [0.4, 0.5) is 32.0 Å². The zero-order valence-corrected chi connectivity index (χ0v) is 15.0. The molecule has 0 aliphatic heterocycles. The summed E-state index contributed by atoms with van der Waals surface area (Å²) in [5.41, 5.74) is -2.02. The van der Waals surface area contributed by atoms with Crippen LogP contribution >= 0.6 is 0 Å². The van der Waals surface area contributed by atoms with Crippen LogP contribution in [-0.2, 0) is 17.1 Å². The number of anilines is 1. The van der Waals surface area contributed by atoms with Crippen molar-refractivity contribution in [3.05, 3.63) is 72.3 Å². The average molecular weight is 429 g/mol. The number of alkyl halides is 6. The topological polar surface area (TPSA) is 56.1 Å². The molecule has 1 N–H and O–H groups in total. The summed E-state index contributed by atoms with van der Waals surface area (Å²) in [6, 6.07) is 7.35. The third-order valence-electron chi connectivity index (χ3n) is 3.86. The molecule has 11 heteroatoms. The monoisotopic (exact) mass is 429 g/mol. The molecule has 0 fully saturated rings. The van der Waals surface area contributed by atoms with Gasteiger partial charge < -0.3 is 14.6 Å². The highest BCUT2D eigenvalue weighted by molar-refractivity contribution is 5.92. The highest BCUT2D eigenvalue weighted by atomic mass is 19.4. The van der Waals surface area contributed by atoms with E-state index in [1.807, 2.05) is 0 Å². The molecule has 0 spiro atoms. The number of hydrogen-bond donors (Lipinski definition) is 1. The number of hydrogen-bond acceptors (Lipinski definition) is 3. The van der Waals surface area contributed by atoms with Gasteiger partial charge in [0.05, 0.1) is 17.5 Å². The molecule has 3 rings (SSSR count). The molecule has 0 saturated heterocycles. The zero-order valence-electron chi connectivity index (χ0n) is 15.0. The summed E-state index contributed by atoms with van der Waals surface area (Å²) in [6.07, 6.45) is -5.24. The molecule has 30 heavy (non-hydrogen) atoms. The van der Waals surface area contributed by atoms with Crippen molar-refractivity contribution in [1.82, 2.24) is 9.55 Å². The van der Waals surface area contributed by atoms with E-state index < -0.39 is 41.7 Å². The van der Waals surface area contributed by atoms with Gasteiger partial charge in [0.1, 0.15) is 5.75 Å². The van der Waals surface area contributed by atoms with Gasteiger partial charge in [0.15, 0.2) is 6.61 Å². The fourth-order valence-electron chi connectivity index (χ4n) is 2.51. The fraction of sp³-hybridized carbons (Fsp3) is 0.158. The summed E-state index contributed by atoms with van der Waals surface area (Å²) in [4.78, 5) is 15.9. The van der Waals surface area contributed by atoms with Crippen molar-refractivity contribution < 1.29 is 35.9 Å². The van der Waals surface area contributed by atoms with Crippen LogP contribution in [0.1, 0.15) is 11.1 Å². The number of benzene rings is 2. The Balaban J connectivity index is 1.71. The first-order valence-electron chi connectivity index (χ1n) is 8.33. The van der Waals surface area contributed by atoms with Crippen molar-refractivity contribution in [3.8, 4) is 11.4 Å². The van der Waals surface area contributed by atoms with Crippen molar-refractivity contribution in [2.24, 2.45) is 0 Å². The lowest BCUT2D eigenvalue weighted by molar-refractivity contribution is -0.143. The molecule has 2 aromatic carbocycles. The molecular formula is C19H13F6N3O2. The Morgan fingerprint density at radius 1 is 1.00 bits per heavy atom. The van der Waals surface area contributed by atoms with Crippen molar-refractivity contribution in [3.63, 3.8) is 0 Å². The summed E-state index contributed by atoms with van der Waals surface area (Å²) in [5, 5.41) is 2.46. The zero-order chi connectivity index (χ0) is 21.9. The normalized spacial score (nSPS) is 11.9. The van der Waals surface area contributed by atoms with Crippen molar-refractivity contribution in [2.75, 3.05) is 11.9 Å². The molecule has 0 saturated carbocycles. The Hall–Kier alpha value is -3.50. The SMILES string of the molecule is O=C(COc1cc(C(F)(F)F)cc(C(F)(F)F)c1)Nc1cccc(-n2ccnc2)c1. The Labute approximate surface area is 165 Å². The number of ether oxygens (including phenoxy) is 1. The van der Waals surface area contributed by atoms with Gasteiger partial charge in [-0.15, -0.1) is 0 Å². The van der Waals surface area contributed by atoms with Crippen molar-refractivity contribution in [2.45, 2.75) is 12.4 Å². The second kappa shape index (κ2) is 8.09. The highest BCUT2D eigenvalue weighted by Crippen LogP contribution is 2.38. The van der Waals surface area contributed by atoms with E-state index in [1.165, 1.54) is 6.33 Å². The molecule has 3 aromatic rings. The van der Waals surface area contributed by atoms with Crippen LogP contribution in [0.5, 0.6) is 5.75 Å². The van der Waals surface area contributed by atoms with Crippen molar-refractivity contribution >= 4 is 11.6 Å². The Bertz CT molecular complexity index is 997. The number of imidazole rings is 1. The van der Waals surface area contributed by atoms with Crippen LogP contribution in [0, 0.1) is 0 Å². The van der Waals surface area contributed by atoms with Crippen LogP contribution in [0.3, 0.4) is 0 Å². The summed E-state index contributed by atoms with van der Waals surface area (Å²) >= 11 is 0. The molecule has 0 radical (unpaired) electrons.